The summed E-state index contributed by atoms with van der Waals surface area (Å²) in [5.41, 5.74) is 11.7. The predicted octanol–water partition coefficient (Wildman–Crippen LogP) is -3.19. The van der Waals surface area contributed by atoms with Crippen LogP contribution in [0, 0.1) is 5.41 Å². The summed E-state index contributed by atoms with van der Waals surface area (Å²) in [5.74, 6) is -6.70. The van der Waals surface area contributed by atoms with Crippen LogP contribution in [-0.4, -0.2) is 105 Å². The molecule has 0 aliphatic heterocycles. The maximum atomic E-state index is 13.4. The Balaban J connectivity index is 3.14. The van der Waals surface area contributed by atoms with Crippen LogP contribution in [0.25, 0.3) is 0 Å². The highest BCUT2D eigenvalue weighted by Gasteiger charge is 2.33. The first-order valence-electron chi connectivity index (χ1n) is 14.0. The molecule has 1 aromatic rings. The van der Waals surface area contributed by atoms with E-state index in [4.69, 9.17) is 27.1 Å². The Labute approximate surface area is 258 Å². The Bertz CT molecular complexity index is 1210. The average Bonchev–Trinajstić information content (AvgIpc) is 2.95. The first kappa shape index (κ1) is 38.1. The lowest BCUT2D eigenvalue weighted by molar-refractivity contribution is -0.142. The molecule has 0 radical (unpaired) electrons. The minimum absolute atomic E-state index is 0.0462. The van der Waals surface area contributed by atoms with Gasteiger partial charge in [0.15, 0.2) is 5.96 Å². The zero-order valence-electron chi connectivity index (χ0n) is 24.9. The zero-order chi connectivity index (χ0) is 34.3. The van der Waals surface area contributed by atoms with Crippen LogP contribution in [0.5, 0.6) is 5.75 Å². The maximum Gasteiger partial charge on any atom is 0.325 e. The van der Waals surface area contributed by atoms with Gasteiger partial charge in [0.1, 0.15) is 29.9 Å². The minimum atomic E-state index is -1.69. The lowest BCUT2D eigenvalue weighted by Crippen LogP contribution is -2.61. The number of hydrogen-bond donors (Lipinski definition) is 12. The maximum absolute atomic E-state index is 13.4. The number of carboxylic acids is 2. The second-order valence-electron chi connectivity index (χ2n) is 10.3. The van der Waals surface area contributed by atoms with Gasteiger partial charge in [-0.15, -0.1) is 0 Å². The van der Waals surface area contributed by atoms with E-state index in [0.29, 0.717) is 12.0 Å². The highest BCUT2D eigenvalue weighted by Crippen LogP contribution is 2.12. The van der Waals surface area contributed by atoms with E-state index < -0.39 is 84.7 Å². The van der Waals surface area contributed by atoms with Crippen molar-refractivity contribution in [3.05, 3.63) is 29.8 Å². The molecule has 0 saturated heterocycles. The van der Waals surface area contributed by atoms with Crippen molar-refractivity contribution in [1.82, 2.24) is 26.6 Å². The van der Waals surface area contributed by atoms with E-state index in [2.05, 4.69) is 26.6 Å². The Morgan fingerprint density at radius 3 is 1.96 bits per heavy atom. The molecular formula is C27H42N8O10. The van der Waals surface area contributed by atoms with Gasteiger partial charge in [-0.05, 0) is 50.8 Å². The predicted molar refractivity (Wildman–Crippen MR) is 159 cm³/mol. The number of carbonyl (C=O) groups is 6. The van der Waals surface area contributed by atoms with E-state index in [1.165, 1.54) is 31.2 Å². The highest BCUT2D eigenvalue weighted by molar-refractivity contribution is 5.96. The molecule has 1 aromatic carbocycles. The van der Waals surface area contributed by atoms with E-state index in [1.807, 2.05) is 0 Å². The van der Waals surface area contributed by atoms with Crippen LogP contribution in [-0.2, 0) is 35.2 Å². The van der Waals surface area contributed by atoms with Crippen molar-refractivity contribution in [2.45, 2.75) is 82.3 Å². The van der Waals surface area contributed by atoms with Crippen LogP contribution in [0.3, 0.4) is 0 Å². The quantitative estimate of drug-likeness (QED) is 0.0404. The number of nitrogens with two attached hydrogens (primary N) is 2. The molecule has 0 aliphatic carbocycles. The fraction of sp³-hybridized carbons (Fsp3) is 0.519. The summed E-state index contributed by atoms with van der Waals surface area (Å²) >= 11 is 0. The number of aliphatic hydroxyl groups excluding tert-OH is 1. The van der Waals surface area contributed by atoms with Gasteiger partial charge < -0.3 is 58.5 Å². The van der Waals surface area contributed by atoms with Crippen molar-refractivity contribution in [2.75, 3.05) is 6.54 Å². The van der Waals surface area contributed by atoms with Gasteiger partial charge in [-0.1, -0.05) is 12.1 Å². The number of guanidine groups is 1. The number of amides is 4. The molecule has 14 N–H and O–H groups in total. The molecule has 1 rings (SSSR count). The molecular weight excluding hydrogens is 596 g/mol. The number of phenolic OH excluding ortho intramolecular Hbond substituents is 1. The molecule has 0 saturated carbocycles. The fourth-order valence-corrected chi connectivity index (χ4v) is 3.86. The van der Waals surface area contributed by atoms with Crippen molar-refractivity contribution in [3.8, 4) is 5.75 Å². The Morgan fingerprint density at radius 1 is 0.844 bits per heavy atom. The molecule has 18 nitrogen and oxygen atoms in total. The van der Waals surface area contributed by atoms with Crippen LogP contribution in [0.4, 0.5) is 0 Å². The summed E-state index contributed by atoms with van der Waals surface area (Å²) in [6.45, 7) is 2.61. The van der Waals surface area contributed by atoms with E-state index >= 15 is 0 Å². The summed E-state index contributed by atoms with van der Waals surface area (Å²) in [5, 5.41) is 57.0. The third kappa shape index (κ3) is 14.4. The van der Waals surface area contributed by atoms with Crippen LogP contribution in [0.15, 0.2) is 24.3 Å². The van der Waals surface area contributed by atoms with Gasteiger partial charge in [-0.2, -0.15) is 0 Å². The molecule has 4 amide bonds. The molecule has 0 spiro atoms. The van der Waals surface area contributed by atoms with E-state index in [-0.39, 0.29) is 31.1 Å². The molecule has 18 heteroatoms. The Kier molecular flexibility index (Phi) is 15.8. The van der Waals surface area contributed by atoms with Gasteiger partial charge in [-0.3, -0.25) is 34.2 Å². The number of carboxylic acid groups (broad SMARTS) is 2. The number of aromatic hydroxyl groups is 1. The van der Waals surface area contributed by atoms with Gasteiger partial charge in [0.25, 0.3) is 0 Å². The number of rotatable bonds is 19. The van der Waals surface area contributed by atoms with E-state index in [9.17, 15) is 39.0 Å². The van der Waals surface area contributed by atoms with Crippen LogP contribution in [0.2, 0.25) is 0 Å². The normalized spacial score (nSPS) is 14.8. The number of nitrogens with one attached hydrogen (secondary N) is 6. The standard InChI is InChI=1S/C27H42N8O10/c1-13(26(44)45)32-23(41)18(9-10-20(38)39)33-25(43)21(14(2)36)35-24(42)19(12-15-5-7-16(37)8-6-15)34-22(40)17(28)4-3-11-31-27(29)30/h5-8,13-14,17-19,21,36-37H,3-4,9-12,28H2,1-2H3,(H,32,41)(H,33,43)(H,34,40)(H,35,42)(H,38,39)(H,44,45)(H4,29,30,31)/t13-,14-,17+,18+,19+,21+/m0/s1. The largest absolute Gasteiger partial charge is 0.508 e. The SMILES string of the molecule is C[C@H](NC(=O)[C@@H](CCC(=O)O)NC(=O)[C@H](NC(=O)[C@@H](Cc1ccc(O)cc1)NC(=O)[C@H](N)CCCNC(=N)N)[C@H](C)O)C(=O)O. The van der Waals surface area contributed by atoms with Gasteiger partial charge in [0.05, 0.1) is 12.1 Å². The van der Waals surface area contributed by atoms with Crippen molar-refractivity contribution in [2.24, 2.45) is 11.5 Å². The Hall–Kier alpha value is -4.97. The smallest absolute Gasteiger partial charge is 0.325 e. The lowest BCUT2D eigenvalue weighted by atomic mass is 10.0. The van der Waals surface area contributed by atoms with Gasteiger partial charge >= 0.3 is 11.9 Å². The minimum Gasteiger partial charge on any atom is -0.508 e. The number of aliphatic hydroxyl groups is 1. The molecule has 0 fully saturated rings. The number of phenols is 1. The average molecular weight is 639 g/mol. The van der Waals surface area contributed by atoms with Gasteiger partial charge in [0, 0.05) is 19.4 Å². The molecule has 0 aliphatic rings. The first-order chi connectivity index (χ1) is 21.0. The van der Waals surface area contributed by atoms with E-state index in [0.717, 1.165) is 6.92 Å². The van der Waals surface area contributed by atoms with Crippen LogP contribution >= 0.6 is 0 Å². The van der Waals surface area contributed by atoms with Crippen LogP contribution < -0.4 is 38.1 Å². The first-order valence-corrected chi connectivity index (χ1v) is 14.0. The monoisotopic (exact) mass is 638 g/mol. The third-order valence-corrected chi connectivity index (χ3v) is 6.42. The van der Waals surface area contributed by atoms with Crippen molar-refractivity contribution in [1.29, 1.82) is 5.41 Å². The second kappa shape index (κ2) is 18.6. The number of aliphatic carboxylic acids is 2. The van der Waals surface area contributed by atoms with Crippen molar-refractivity contribution < 1.29 is 49.2 Å². The van der Waals surface area contributed by atoms with Gasteiger partial charge in [-0.25, -0.2) is 0 Å². The van der Waals surface area contributed by atoms with Crippen molar-refractivity contribution in [3.63, 3.8) is 0 Å². The Morgan fingerprint density at radius 2 is 1.42 bits per heavy atom. The summed E-state index contributed by atoms with van der Waals surface area (Å²) < 4.78 is 0. The third-order valence-electron chi connectivity index (χ3n) is 6.42. The molecule has 250 valence electrons. The number of hydrogen-bond acceptors (Lipinski definition) is 10. The van der Waals surface area contributed by atoms with Gasteiger partial charge in [0.2, 0.25) is 23.6 Å². The van der Waals surface area contributed by atoms with E-state index in [1.54, 1.807) is 0 Å². The summed E-state index contributed by atoms with van der Waals surface area (Å²) in [4.78, 5) is 74.3. The second-order valence-corrected chi connectivity index (χ2v) is 10.3. The zero-order valence-corrected chi connectivity index (χ0v) is 24.9. The van der Waals surface area contributed by atoms with Crippen LogP contribution in [0.1, 0.15) is 45.1 Å². The molecule has 0 bridgehead atoms. The van der Waals surface area contributed by atoms with Crippen molar-refractivity contribution >= 4 is 41.5 Å². The topological polar surface area (TPSA) is 319 Å². The molecule has 6 atom stereocenters. The fourth-order valence-electron chi connectivity index (χ4n) is 3.86. The molecule has 0 aromatic heterocycles. The molecule has 0 heterocycles. The summed E-state index contributed by atoms with van der Waals surface area (Å²) in [6, 6.07) is -1.27. The number of carbonyl (C=O) groups excluding carboxylic acids is 4. The highest BCUT2D eigenvalue weighted by atomic mass is 16.4. The molecule has 0 unspecified atom stereocenters. The lowest BCUT2D eigenvalue weighted by Gasteiger charge is -2.27. The molecule has 45 heavy (non-hydrogen) atoms. The number of benzene rings is 1. The summed E-state index contributed by atoms with van der Waals surface area (Å²) in [7, 11) is 0. The summed E-state index contributed by atoms with van der Waals surface area (Å²) in [6.07, 6.45) is -2.14.